The molecule has 0 saturated carbocycles. The van der Waals surface area contributed by atoms with Crippen LogP contribution in [-0.4, -0.2) is 67.0 Å². The second-order valence-electron chi connectivity index (χ2n) is 6.47. The van der Waals surface area contributed by atoms with Crippen molar-refractivity contribution in [3.05, 3.63) is 23.9 Å². The molecule has 1 aromatic heterocycles. The van der Waals surface area contributed by atoms with E-state index in [2.05, 4.69) is 33.8 Å². The molecule has 2 N–H and O–H groups in total. The summed E-state index contributed by atoms with van der Waals surface area (Å²) in [7, 11) is 4.10. The van der Waals surface area contributed by atoms with Gasteiger partial charge in [0.25, 0.3) is 0 Å². The Kier molecular flexibility index (Phi) is 6.36. The monoisotopic (exact) mass is 319 g/mol. The van der Waals surface area contributed by atoms with Crippen LogP contribution in [0, 0.1) is 0 Å². The van der Waals surface area contributed by atoms with E-state index in [1.807, 2.05) is 25.2 Å². The van der Waals surface area contributed by atoms with Gasteiger partial charge in [0.2, 0.25) is 5.91 Å². The first-order valence-electron chi connectivity index (χ1n) is 8.40. The van der Waals surface area contributed by atoms with Gasteiger partial charge in [0.1, 0.15) is 5.82 Å². The van der Waals surface area contributed by atoms with Crippen molar-refractivity contribution in [1.29, 1.82) is 0 Å². The van der Waals surface area contributed by atoms with Crippen LogP contribution in [0.1, 0.15) is 25.3 Å². The fraction of sp³-hybridized carbons (Fsp3) is 0.647. The van der Waals surface area contributed by atoms with Crippen LogP contribution in [0.15, 0.2) is 18.3 Å². The molecule has 2 heterocycles. The molecule has 1 amide bonds. The highest BCUT2D eigenvalue weighted by Crippen LogP contribution is 2.15. The Hall–Kier alpha value is -1.66. The van der Waals surface area contributed by atoms with Crippen LogP contribution < -0.4 is 10.6 Å². The van der Waals surface area contributed by atoms with E-state index in [9.17, 15) is 4.79 Å². The van der Waals surface area contributed by atoms with Crippen molar-refractivity contribution >= 4 is 11.7 Å². The zero-order valence-corrected chi connectivity index (χ0v) is 14.5. The quantitative estimate of drug-likeness (QED) is 0.844. The maximum atomic E-state index is 12.2. The Labute approximate surface area is 139 Å². The van der Waals surface area contributed by atoms with Crippen molar-refractivity contribution < 1.29 is 4.79 Å². The molecule has 6 nitrogen and oxygen atoms in total. The lowest BCUT2D eigenvalue weighted by Crippen LogP contribution is -2.53. The van der Waals surface area contributed by atoms with Gasteiger partial charge in [0.15, 0.2) is 0 Å². The zero-order valence-electron chi connectivity index (χ0n) is 14.5. The number of aromatic nitrogens is 1. The van der Waals surface area contributed by atoms with Crippen LogP contribution in [0.3, 0.4) is 0 Å². The molecule has 1 aliphatic rings. The van der Waals surface area contributed by atoms with Gasteiger partial charge in [-0.2, -0.15) is 0 Å². The second kappa shape index (κ2) is 8.26. The molecule has 1 aromatic rings. The molecular weight excluding hydrogens is 290 g/mol. The maximum Gasteiger partial charge on any atom is 0.239 e. The van der Waals surface area contributed by atoms with Gasteiger partial charge in [-0.3, -0.25) is 4.79 Å². The van der Waals surface area contributed by atoms with Crippen LogP contribution in [0.4, 0.5) is 5.82 Å². The molecule has 1 atom stereocenters. The van der Waals surface area contributed by atoms with Crippen molar-refractivity contribution in [2.75, 3.05) is 45.2 Å². The summed E-state index contributed by atoms with van der Waals surface area (Å²) in [5.41, 5.74) is 7.15. The molecule has 0 bridgehead atoms. The highest BCUT2D eigenvalue weighted by Gasteiger charge is 2.25. The van der Waals surface area contributed by atoms with E-state index >= 15 is 0 Å². The summed E-state index contributed by atoms with van der Waals surface area (Å²) in [6.45, 7) is 6.01. The maximum absolute atomic E-state index is 12.2. The number of nitrogens with zero attached hydrogens (tertiary/aromatic N) is 4. The van der Waals surface area contributed by atoms with Gasteiger partial charge in [-0.05, 0) is 32.1 Å². The van der Waals surface area contributed by atoms with Gasteiger partial charge in [-0.1, -0.05) is 19.4 Å². The normalized spacial score (nSPS) is 16.7. The molecule has 0 aliphatic carbocycles. The van der Waals surface area contributed by atoms with Crippen molar-refractivity contribution in [2.24, 2.45) is 5.73 Å². The Morgan fingerprint density at radius 3 is 2.52 bits per heavy atom. The van der Waals surface area contributed by atoms with Crippen molar-refractivity contribution in [3.63, 3.8) is 0 Å². The van der Waals surface area contributed by atoms with Gasteiger partial charge < -0.3 is 20.4 Å². The lowest BCUT2D eigenvalue weighted by Gasteiger charge is -2.36. The van der Waals surface area contributed by atoms with Gasteiger partial charge in [0.05, 0.1) is 6.04 Å². The predicted molar refractivity (Wildman–Crippen MR) is 93.3 cm³/mol. The van der Waals surface area contributed by atoms with Gasteiger partial charge in [-0.25, -0.2) is 4.98 Å². The van der Waals surface area contributed by atoms with Gasteiger partial charge in [0, 0.05) is 38.9 Å². The molecule has 0 spiro atoms. The first-order chi connectivity index (χ1) is 11.0. The number of hydrogen-bond acceptors (Lipinski definition) is 5. The summed E-state index contributed by atoms with van der Waals surface area (Å²) in [5, 5.41) is 0. The number of carbonyl (C=O) groups is 1. The topological polar surface area (TPSA) is 65.7 Å². The Morgan fingerprint density at radius 2 is 2.00 bits per heavy atom. The van der Waals surface area contributed by atoms with E-state index in [0.717, 1.165) is 51.4 Å². The van der Waals surface area contributed by atoms with Crippen molar-refractivity contribution in [1.82, 2.24) is 14.8 Å². The minimum absolute atomic E-state index is 0.0841. The lowest BCUT2D eigenvalue weighted by molar-refractivity contribution is -0.133. The van der Waals surface area contributed by atoms with Gasteiger partial charge in [-0.15, -0.1) is 0 Å². The van der Waals surface area contributed by atoms with E-state index in [1.54, 1.807) is 0 Å². The van der Waals surface area contributed by atoms with Gasteiger partial charge >= 0.3 is 0 Å². The van der Waals surface area contributed by atoms with Crippen LogP contribution in [-0.2, 0) is 11.3 Å². The molecule has 2 rings (SSSR count). The first-order valence-corrected chi connectivity index (χ1v) is 8.40. The van der Waals surface area contributed by atoms with Crippen LogP contribution >= 0.6 is 0 Å². The molecule has 1 aliphatic heterocycles. The van der Waals surface area contributed by atoms with Crippen LogP contribution in [0.5, 0.6) is 0 Å². The summed E-state index contributed by atoms with van der Waals surface area (Å²) >= 11 is 0. The first kappa shape index (κ1) is 17.7. The van der Waals surface area contributed by atoms with E-state index in [4.69, 9.17) is 5.73 Å². The second-order valence-corrected chi connectivity index (χ2v) is 6.47. The number of amides is 1. The van der Waals surface area contributed by atoms with Crippen molar-refractivity contribution in [2.45, 2.75) is 32.4 Å². The third-order valence-corrected chi connectivity index (χ3v) is 4.14. The molecule has 6 heteroatoms. The molecule has 1 unspecified atom stereocenters. The standard InChI is InChI=1S/C17H29N5O/c1-4-5-15(18)17(23)22-10-8-21(9-11-22)16-7-6-14(12-19-16)13-20(2)3/h6-7,12,15H,4-5,8-11,13,18H2,1-3H3. The Morgan fingerprint density at radius 1 is 1.30 bits per heavy atom. The largest absolute Gasteiger partial charge is 0.353 e. The number of nitrogens with two attached hydrogens (primary N) is 1. The predicted octanol–water partition coefficient (Wildman–Crippen LogP) is 0.919. The number of pyridine rings is 1. The number of piperazine rings is 1. The summed E-state index contributed by atoms with van der Waals surface area (Å²) in [4.78, 5) is 23.0. The van der Waals surface area contributed by atoms with E-state index in [0.29, 0.717) is 0 Å². The average Bonchev–Trinajstić information content (AvgIpc) is 2.55. The minimum Gasteiger partial charge on any atom is -0.353 e. The summed E-state index contributed by atoms with van der Waals surface area (Å²) < 4.78 is 0. The number of carbonyl (C=O) groups excluding carboxylic acids is 1. The fourth-order valence-electron chi connectivity index (χ4n) is 2.89. The lowest BCUT2D eigenvalue weighted by atomic mass is 10.1. The zero-order chi connectivity index (χ0) is 16.8. The molecule has 23 heavy (non-hydrogen) atoms. The minimum atomic E-state index is -0.352. The van der Waals surface area contributed by atoms with Crippen molar-refractivity contribution in [3.8, 4) is 0 Å². The van der Waals surface area contributed by atoms with E-state index in [1.165, 1.54) is 5.56 Å². The Balaban J connectivity index is 1.87. The fourth-order valence-corrected chi connectivity index (χ4v) is 2.89. The third-order valence-electron chi connectivity index (χ3n) is 4.14. The smallest absolute Gasteiger partial charge is 0.239 e. The van der Waals surface area contributed by atoms with Crippen LogP contribution in [0.2, 0.25) is 0 Å². The summed E-state index contributed by atoms with van der Waals surface area (Å²) in [6.07, 6.45) is 3.63. The Bertz CT molecular complexity index is 494. The highest BCUT2D eigenvalue weighted by atomic mass is 16.2. The third kappa shape index (κ3) is 4.91. The molecule has 0 aromatic carbocycles. The molecule has 1 fully saturated rings. The molecule has 1 saturated heterocycles. The summed E-state index contributed by atoms with van der Waals surface area (Å²) in [6, 6.07) is 3.84. The molecular formula is C17H29N5O. The average molecular weight is 319 g/mol. The SMILES string of the molecule is CCCC(N)C(=O)N1CCN(c2ccc(CN(C)C)cn2)CC1. The number of rotatable bonds is 6. The molecule has 0 radical (unpaired) electrons. The highest BCUT2D eigenvalue weighted by molar-refractivity contribution is 5.81. The number of hydrogen-bond donors (Lipinski definition) is 1. The summed E-state index contributed by atoms with van der Waals surface area (Å²) in [5.74, 6) is 1.07. The van der Waals surface area contributed by atoms with E-state index < -0.39 is 0 Å². The molecule has 128 valence electrons. The van der Waals surface area contributed by atoms with Crippen LogP contribution in [0.25, 0.3) is 0 Å². The van der Waals surface area contributed by atoms with E-state index in [-0.39, 0.29) is 11.9 Å². The number of anilines is 1.